The van der Waals surface area contributed by atoms with E-state index in [1.807, 2.05) is 44.2 Å². The number of nitrogens with zero attached hydrogens (tertiary/aromatic N) is 4. The van der Waals surface area contributed by atoms with Crippen LogP contribution in [0.25, 0.3) is 10.8 Å². The summed E-state index contributed by atoms with van der Waals surface area (Å²) in [5.41, 5.74) is 0.690. The lowest BCUT2D eigenvalue weighted by Crippen LogP contribution is -1.97. The van der Waals surface area contributed by atoms with E-state index in [1.165, 1.54) is 0 Å². The zero-order valence-corrected chi connectivity index (χ0v) is 11.3. The predicted molar refractivity (Wildman–Crippen MR) is 78.1 cm³/mol. The van der Waals surface area contributed by atoms with Gasteiger partial charge in [-0.05, 0) is 30.7 Å². The SMILES string of the molecule is Cc1nnc(C)n1/N=C\c1c(O)ccc2ccccc12. The number of aryl methyl sites for hydroxylation is 2. The Morgan fingerprint density at radius 2 is 1.75 bits per heavy atom. The van der Waals surface area contributed by atoms with Gasteiger partial charge < -0.3 is 5.11 Å². The smallest absolute Gasteiger partial charge is 0.151 e. The molecule has 2 aromatic carbocycles. The molecule has 20 heavy (non-hydrogen) atoms. The van der Waals surface area contributed by atoms with Gasteiger partial charge in [0.2, 0.25) is 0 Å². The van der Waals surface area contributed by atoms with Crippen molar-refractivity contribution in [2.45, 2.75) is 13.8 Å². The first-order valence-corrected chi connectivity index (χ1v) is 6.30. The Morgan fingerprint density at radius 1 is 1.05 bits per heavy atom. The Kier molecular flexibility index (Phi) is 2.95. The standard InChI is InChI=1S/C15H14N4O/c1-10-17-18-11(2)19(10)16-9-14-13-6-4-3-5-12(13)7-8-15(14)20/h3-9,20H,1-2H3/b16-9-. The largest absolute Gasteiger partial charge is 0.507 e. The van der Waals surface area contributed by atoms with Crippen molar-refractivity contribution in [1.82, 2.24) is 14.9 Å². The third-order valence-electron chi connectivity index (χ3n) is 3.20. The fourth-order valence-electron chi connectivity index (χ4n) is 2.17. The number of hydrogen-bond donors (Lipinski definition) is 1. The maximum Gasteiger partial charge on any atom is 0.151 e. The van der Waals surface area contributed by atoms with Crippen LogP contribution in [0.2, 0.25) is 0 Å². The van der Waals surface area contributed by atoms with Crippen molar-refractivity contribution in [3.8, 4) is 5.75 Å². The minimum atomic E-state index is 0.204. The van der Waals surface area contributed by atoms with Crippen LogP contribution in [0, 0.1) is 13.8 Å². The normalized spacial score (nSPS) is 11.5. The van der Waals surface area contributed by atoms with E-state index in [9.17, 15) is 5.11 Å². The molecule has 1 aromatic heterocycles. The van der Waals surface area contributed by atoms with E-state index in [4.69, 9.17) is 0 Å². The highest BCUT2D eigenvalue weighted by molar-refractivity contribution is 6.02. The second kappa shape index (κ2) is 4.77. The van der Waals surface area contributed by atoms with Gasteiger partial charge in [0, 0.05) is 5.56 Å². The molecule has 0 amide bonds. The highest BCUT2D eigenvalue weighted by atomic mass is 16.3. The number of rotatable bonds is 2. The molecule has 0 aliphatic heterocycles. The van der Waals surface area contributed by atoms with Gasteiger partial charge in [-0.15, -0.1) is 10.2 Å². The van der Waals surface area contributed by atoms with E-state index in [0.717, 1.165) is 10.8 Å². The summed E-state index contributed by atoms with van der Waals surface area (Å²) in [5.74, 6) is 1.62. The summed E-state index contributed by atoms with van der Waals surface area (Å²) in [5, 5.41) is 24.3. The van der Waals surface area contributed by atoms with Crippen molar-refractivity contribution >= 4 is 17.0 Å². The van der Waals surface area contributed by atoms with Gasteiger partial charge in [0.15, 0.2) is 11.6 Å². The van der Waals surface area contributed by atoms with Crippen molar-refractivity contribution in [2.75, 3.05) is 0 Å². The van der Waals surface area contributed by atoms with Crippen LogP contribution in [0.1, 0.15) is 17.2 Å². The maximum atomic E-state index is 10.0. The first-order chi connectivity index (χ1) is 9.66. The van der Waals surface area contributed by atoms with Crippen LogP contribution in [-0.2, 0) is 0 Å². The molecule has 0 fully saturated rings. The first-order valence-electron chi connectivity index (χ1n) is 6.30. The highest BCUT2D eigenvalue weighted by Gasteiger charge is 2.06. The van der Waals surface area contributed by atoms with E-state index in [-0.39, 0.29) is 5.75 Å². The lowest BCUT2D eigenvalue weighted by Gasteiger charge is -2.05. The van der Waals surface area contributed by atoms with Crippen LogP contribution >= 0.6 is 0 Å². The molecule has 0 bridgehead atoms. The number of hydrogen-bond acceptors (Lipinski definition) is 4. The van der Waals surface area contributed by atoms with Crippen molar-refractivity contribution < 1.29 is 5.11 Å². The second-order valence-electron chi connectivity index (χ2n) is 4.57. The van der Waals surface area contributed by atoms with Crippen LogP contribution in [-0.4, -0.2) is 26.2 Å². The average Bonchev–Trinajstić information content (AvgIpc) is 2.77. The van der Waals surface area contributed by atoms with E-state index < -0.39 is 0 Å². The summed E-state index contributed by atoms with van der Waals surface area (Å²) in [6.07, 6.45) is 1.64. The fraction of sp³-hybridized carbons (Fsp3) is 0.133. The van der Waals surface area contributed by atoms with Gasteiger partial charge in [0.05, 0.1) is 6.21 Å². The molecular weight excluding hydrogens is 252 g/mol. The van der Waals surface area contributed by atoms with Gasteiger partial charge in [-0.25, -0.2) is 4.68 Å². The van der Waals surface area contributed by atoms with E-state index in [1.54, 1.807) is 17.0 Å². The average molecular weight is 266 g/mol. The number of fused-ring (bicyclic) bond motifs is 1. The second-order valence-corrected chi connectivity index (χ2v) is 4.57. The molecule has 0 spiro atoms. The summed E-state index contributed by atoms with van der Waals surface area (Å²) in [6.45, 7) is 3.67. The molecular formula is C15H14N4O. The minimum Gasteiger partial charge on any atom is -0.507 e. The molecule has 0 unspecified atom stereocenters. The summed E-state index contributed by atoms with van der Waals surface area (Å²) in [4.78, 5) is 0. The zero-order valence-electron chi connectivity index (χ0n) is 11.3. The van der Waals surface area contributed by atoms with Crippen LogP contribution < -0.4 is 0 Å². The molecule has 5 heteroatoms. The minimum absolute atomic E-state index is 0.204. The van der Waals surface area contributed by atoms with Gasteiger partial charge in [-0.3, -0.25) is 0 Å². The third kappa shape index (κ3) is 2.03. The van der Waals surface area contributed by atoms with Gasteiger partial charge >= 0.3 is 0 Å². The van der Waals surface area contributed by atoms with E-state index >= 15 is 0 Å². The number of phenolic OH excluding ortho intramolecular Hbond substituents is 1. The van der Waals surface area contributed by atoms with Crippen LogP contribution in [0.3, 0.4) is 0 Å². The number of aromatic nitrogens is 3. The van der Waals surface area contributed by atoms with Gasteiger partial charge in [0.25, 0.3) is 0 Å². The Labute approximate surface area is 116 Å². The quantitative estimate of drug-likeness (QED) is 0.725. The van der Waals surface area contributed by atoms with Crippen molar-refractivity contribution in [2.24, 2.45) is 5.10 Å². The summed E-state index contributed by atoms with van der Waals surface area (Å²) < 4.78 is 1.64. The Bertz CT molecular complexity index is 785. The maximum absolute atomic E-state index is 10.0. The molecule has 0 atom stereocenters. The molecule has 0 saturated carbocycles. The molecule has 3 aromatic rings. The van der Waals surface area contributed by atoms with Gasteiger partial charge in [0.1, 0.15) is 5.75 Å². The molecule has 1 N–H and O–H groups in total. The molecule has 0 aliphatic carbocycles. The predicted octanol–water partition coefficient (Wildman–Crippen LogP) is 2.64. The Balaban J connectivity index is 2.13. The van der Waals surface area contributed by atoms with Gasteiger partial charge in [-0.2, -0.15) is 5.10 Å². The summed E-state index contributed by atoms with van der Waals surface area (Å²) in [7, 11) is 0. The molecule has 0 aliphatic rings. The van der Waals surface area contributed by atoms with Gasteiger partial charge in [-0.1, -0.05) is 30.3 Å². The topological polar surface area (TPSA) is 63.3 Å². The van der Waals surface area contributed by atoms with Crippen molar-refractivity contribution in [3.05, 3.63) is 53.6 Å². The van der Waals surface area contributed by atoms with Crippen LogP contribution in [0.4, 0.5) is 0 Å². The van der Waals surface area contributed by atoms with E-state index in [0.29, 0.717) is 17.2 Å². The number of aromatic hydroxyl groups is 1. The molecule has 100 valence electrons. The lowest BCUT2D eigenvalue weighted by molar-refractivity contribution is 0.475. The number of phenols is 1. The van der Waals surface area contributed by atoms with E-state index in [2.05, 4.69) is 15.3 Å². The fourth-order valence-corrected chi connectivity index (χ4v) is 2.17. The molecule has 1 heterocycles. The Hall–Kier alpha value is -2.69. The highest BCUT2D eigenvalue weighted by Crippen LogP contribution is 2.25. The molecule has 5 nitrogen and oxygen atoms in total. The third-order valence-corrected chi connectivity index (χ3v) is 3.20. The van der Waals surface area contributed by atoms with Crippen LogP contribution in [0.15, 0.2) is 41.5 Å². The number of benzene rings is 2. The molecule has 0 radical (unpaired) electrons. The zero-order chi connectivity index (χ0) is 14.1. The summed E-state index contributed by atoms with van der Waals surface area (Å²) >= 11 is 0. The Morgan fingerprint density at radius 3 is 2.50 bits per heavy atom. The summed E-state index contributed by atoms with van der Waals surface area (Å²) in [6, 6.07) is 11.4. The first kappa shape index (κ1) is 12.3. The molecule has 0 saturated heterocycles. The van der Waals surface area contributed by atoms with Crippen molar-refractivity contribution in [1.29, 1.82) is 0 Å². The van der Waals surface area contributed by atoms with Crippen molar-refractivity contribution in [3.63, 3.8) is 0 Å². The molecule has 3 rings (SSSR count). The lowest BCUT2D eigenvalue weighted by atomic mass is 10.0. The van der Waals surface area contributed by atoms with Crippen LogP contribution in [0.5, 0.6) is 5.75 Å². The monoisotopic (exact) mass is 266 g/mol.